The van der Waals surface area contributed by atoms with Crippen LogP contribution in [-0.2, 0) is 19.6 Å². The van der Waals surface area contributed by atoms with E-state index in [1.165, 1.54) is 6.07 Å². The third-order valence-electron chi connectivity index (χ3n) is 3.91. The Morgan fingerprint density at radius 1 is 1.27 bits per heavy atom. The van der Waals surface area contributed by atoms with Crippen LogP contribution in [0, 0.1) is 13.8 Å². The van der Waals surface area contributed by atoms with Crippen LogP contribution in [0.3, 0.4) is 0 Å². The molecule has 0 unspecified atom stereocenters. The molecule has 0 saturated heterocycles. The maximum atomic E-state index is 12.2. The fourth-order valence-electron chi connectivity index (χ4n) is 2.51. The second-order valence-electron chi connectivity index (χ2n) is 5.57. The average molecular weight is 325 g/mol. The minimum atomic E-state index is -3.93. The third kappa shape index (κ3) is 3.53. The number of carbonyl (C=O) groups is 2. The number of primary sulfonamides is 1. The number of aryl methyl sites for hydroxylation is 1. The Hall–Kier alpha value is -1.73. The van der Waals surface area contributed by atoms with Gasteiger partial charge in [-0.3, -0.25) is 4.79 Å². The van der Waals surface area contributed by atoms with Gasteiger partial charge in [-0.25, -0.2) is 18.4 Å². The summed E-state index contributed by atoms with van der Waals surface area (Å²) < 4.78 is 28.4. The molecule has 7 heteroatoms. The Morgan fingerprint density at radius 2 is 1.95 bits per heavy atom. The average Bonchev–Trinajstić information content (AvgIpc) is 2.42. The summed E-state index contributed by atoms with van der Waals surface area (Å²) in [6.45, 7) is 3.31. The molecule has 1 aromatic carbocycles. The van der Waals surface area contributed by atoms with Crippen molar-refractivity contribution in [2.24, 2.45) is 5.14 Å². The molecule has 22 heavy (non-hydrogen) atoms. The molecule has 1 fully saturated rings. The van der Waals surface area contributed by atoms with Crippen molar-refractivity contribution in [1.82, 2.24) is 0 Å². The quantitative estimate of drug-likeness (QED) is 0.850. The molecule has 1 saturated carbocycles. The maximum absolute atomic E-state index is 12.2. The molecular weight excluding hydrogens is 306 g/mol. The number of benzene rings is 1. The molecule has 1 aliphatic rings. The molecule has 0 heterocycles. The molecule has 2 N–H and O–H groups in total. The first-order valence-electron chi connectivity index (χ1n) is 7.08. The van der Waals surface area contributed by atoms with Crippen molar-refractivity contribution in [3.05, 3.63) is 28.8 Å². The molecular formula is C15H19NO5S. The van der Waals surface area contributed by atoms with Gasteiger partial charge >= 0.3 is 5.97 Å². The normalized spacial score (nSPS) is 19.0. The Bertz CT molecular complexity index is 724. The molecule has 0 spiro atoms. The lowest BCUT2D eigenvalue weighted by Crippen LogP contribution is -2.30. The second-order valence-corrected chi connectivity index (χ2v) is 7.10. The van der Waals surface area contributed by atoms with Crippen molar-refractivity contribution in [3.63, 3.8) is 0 Å². The summed E-state index contributed by atoms with van der Waals surface area (Å²) in [6.07, 6.45) is 1.83. The van der Waals surface area contributed by atoms with Gasteiger partial charge in [0, 0.05) is 6.42 Å². The first-order valence-corrected chi connectivity index (χ1v) is 8.62. The smallest absolute Gasteiger partial charge is 0.338 e. The first kappa shape index (κ1) is 16.6. The van der Waals surface area contributed by atoms with Crippen LogP contribution in [0.5, 0.6) is 0 Å². The SMILES string of the molecule is Cc1cc(C(=O)O[C@@H]2CCCCC2=O)cc(S(N)(=O)=O)c1C. The zero-order valence-electron chi connectivity index (χ0n) is 12.6. The highest BCUT2D eigenvalue weighted by atomic mass is 32.2. The van der Waals surface area contributed by atoms with Gasteiger partial charge in [0.25, 0.3) is 0 Å². The fraction of sp³-hybridized carbons (Fsp3) is 0.467. The molecule has 120 valence electrons. The molecule has 1 aliphatic carbocycles. The molecule has 1 atom stereocenters. The van der Waals surface area contributed by atoms with Crippen LogP contribution < -0.4 is 5.14 Å². The largest absolute Gasteiger partial charge is 0.451 e. The van der Waals surface area contributed by atoms with Gasteiger partial charge in [0.05, 0.1) is 10.5 Å². The van der Waals surface area contributed by atoms with Gasteiger partial charge in [0.1, 0.15) is 0 Å². The lowest BCUT2D eigenvalue weighted by molar-refractivity contribution is -0.129. The predicted molar refractivity (Wildman–Crippen MR) is 80.0 cm³/mol. The Labute approximate surface area is 129 Å². The number of esters is 1. The fourth-order valence-corrected chi connectivity index (χ4v) is 3.39. The lowest BCUT2D eigenvalue weighted by Gasteiger charge is -2.21. The highest BCUT2D eigenvalue weighted by molar-refractivity contribution is 7.89. The van der Waals surface area contributed by atoms with E-state index in [9.17, 15) is 18.0 Å². The monoisotopic (exact) mass is 325 g/mol. The van der Waals surface area contributed by atoms with Crippen molar-refractivity contribution < 1.29 is 22.7 Å². The highest BCUT2D eigenvalue weighted by Gasteiger charge is 2.27. The van der Waals surface area contributed by atoms with Crippen molar-refractivity contribution >= 4 is 21.8 Å². The van der Waals surface area contributed by atoms with Crippen LogP contribution in [0.2, 0.25) is 0 Å². The summed E-state index contributed by atoms with van der Waals surface area (Å²) in [5, 5.41) is 5.17. The zero-order chi connectivity index (χ0) is 16.5. The number of carbonyl (C=O) groups excluding carboxylic acids is 2. The van der Waals surface area contributed by atoms with Crippen LogP contribution in [0.1, 0.15) is 47.2 Å². The number of hydrogen-bond donors (Lipinski definition) is 1. The zero-order valence-corrected chi connectivity index (χ0v) is 13.4. The molecule has 0 radical (unpaired) electrons. The summed E-state index contributed by atoms with van der Waals surface area (Å²) in [7, 11) is -3.93. The van der Waals surface area contributed by atoms with Gasteiger partial charge in [0.15, 0.2) is 11.9 Å². The number of ketones is 1. The van der Waals surface area contributed by atoms with Gasteiger partial charge in [-0.05, 0) is 56.4 Å². The van der Waals surface area contributed by atoms with Crippen molar-refractivity contribution in [2.75, 3.05) is 0 Å². The van der Waals surface area contributed by atoms with E-state index in [0.717, 1.165) is 12.8 Å². The summed E-state index contributed by atoms with van der Waals surface area (Å²) in [6, 6.07) is 2.74. The van der Waals surface area contributed by atoms with E-state index >= 15 is 0 Å². The molecule has 1 aromatic rings. The number of Topliss-reactive ketones (excluding diaryl/α,β-unsaturated/α-hetero) is 1. The van der Waals surface area contributed by atoms with Crippen LogP contribution >= 0.6 is 0 Å². The molecule has 6 nitrogen and oxygen atoms in total. The molecule has 0 amide bonds. The van der Waals surface area contributed by atoms with E-state index in [-0.39, 0.29) is 16.2 Å². The third-order valence-corrected chi connectivity index (χ3v) is 4.95. The van der Waals surface area contributed by atoms with Crippen molar-refractivity contribution in [3.8, 4) is 0 Å². The maximum Gasteiger partial charge on any atom is 0.338 e. The van der Waals surface area contributed by atoms with E-state index in [1.807, 2.05) is 0 Å². The van der Waals surface area contributed by atoms with E-state index in [1.54, 1.807) is 19.9 Å². The molecule has 0 bridgehead atoms. The van der Waals surface area contributed by atoms with Gasteiger partial charge in [-0.15, -0.1) is 0 Å². The van der Waals surface area contributed by atoms with Gasteiger partial charge in [-0.2, -0.15) is 0 Å². The minimum Gasteiger partial charge on any atom is -0.451 e. The summed E-state index contributed by atoms with van der Waals surface area (Å²) in [5.41, 5.74) is 1.20. The van der Waals surface area contributed by atoms with Crippen LogP contribution in [0.15, 0.2) is 17.0 Å². The predicted octanol–water partition coefficient (Wildman–Crippen LogP) is 1.62. The minimum absolute atomic E-state index is 0.0879. The van der Waals surface area contributed by atoms with E-state index in [4.69, 9.17) is 9.88 Å². The first-order chi connectivity index (χ1) is 10.2. The van der Waals surface area contributed by atoms with Gasteiger partial charge < -0.3 is 4.74 Å². The van der Waals surface area contributed by atoms with E-state index in [2.05, 4.69) is 0 Å². The van der Waals surface area contributed by atoms with Gasteiger partial charge in [-0.1, -0.05) is 0 Å². The van der Waals surface area contributed by atoms with Crippen LogP contribution in [-0.4, -0.2) is 26.3 Å². The summed E-state index contributed by atoms with van der Waals surface area (Å²) in [5.74, 6) is -0.789. The molecule has 0 aliphatic heterocycles. The van der Waals surface area contributed by atoms with Crippen LogP contribution in [0.4, 0.5) is 0 Å². The second kappa shape index (κ2) is 6.18. The van der Waals surface area contributed by atoms with Gasteiger partial charge in [0.2, 0.25) is 10.0 Å². The highest BCUT2D eigenvalue weighted by Crippen LogP contribution is 2.23. The number of nitrogens with two attached hydrogens (primary N) is 1. The number of rotatable bonds is 3. The Kier molecular flexibility index (Phi) is 4.67. The van der Waals surface area contributed by atoms with E-state index in [0.29, 0.717) is 24.0 Å². The number of ether oxygens (including phenoxy) is 1. The Balaban J connectivity index is 2.30. The van der Waals surface area contributed by atoms with E-state index < -0.39 is 22.1 Å². The number of sulfonamides is 1. The number of hydrogen-bond acceptors (Lipinski definition) is 5. The topological polar surface area (TPSA) is 104 Å². The Morgan fingerprint density at radius 3 is 2.55 bits per heavy atom. The van der Waals surface area contributed by atoms with Crippen molar-refractivity contribution in [1.29, 1.82) is 0 Å². The standard InChI is InChI=1S/C15H19NO5S/c1-9-7-11(8-14(10(9)2)22(16,19)20)15(18)21-13-6-4-3-5-12(13)17/h7-8,13H,3-6H2,1-2H3,(H2,16,19,20)/t13-/m1/s1. The summed E-state index contributed by atoms with van der Waals surface area (Å²) >= 11 is 0. The lowest BCUT2D eigenvalue weighted by atomic mass is 9.96. The molecule has 0 aromatic heterocycles. The summed E-state index contributed by atoms with van der Waals surface area (Å²) in [4.78, 5) is 23.8. The molecule has 2 rings (SSSR count). The van der Waals surface area contributed by atoms with Crippen molar-refractivity contribution in [2.45, 2.75) is 50.5 Å². The van der Waals surface area contributed by atoms with Crippen LogP contribution in [0.25, 0.3) is 0 Å².